The zero-order valence-corrected chi connectivity index (χ0v) is 9.63. The van der Waals surface area contributed by atoms with Crippen LogP contribution in [0.25, 0.3) is 0 Å². The van der Waals surface area contributed by atoms with Gasteiger partial charge in [-0.05, 0) is 38.0 Å². The molecule has 3 nitrogen and oxygen atoms in total. The van der Waals surface area contributed by atoms with Crippen molar-refractivity contribution >= 4 is 5.78 Å². The summed E-state index contributed by atoms with van der Waals surface area (Å²) in [5, 5.41) is 0. The van der Waals surface area contributed by atoms with E-state index in [1.807, 2.05) is 19.9 Å². The van der Waals surface area contributed by atoms with Gasteiger partial charge in [-0.3, -0.25) is 4.79 Å². The van der Waals surface area contributed by atoms with Crippen molar-refractivity contribution in [1.29, 1.82) is 0 Å². The summed E-state index contributed by atoms with van der Waals surface area (Å²) >= 11 is 0. The molecule has 2 N–H and O–H groups in total. The Bertz CT molecular complexity index is 383. The number of carbonyl (C=O) groups excluding carboxylic acids is 1. The molecule has 1 atom stereocenters. The summed E-state index contributed by atoms with van der Waals surface area (Å²) in [4.78, 5) is 11.8. The van der Waals surface area contributed by atoms with Gasteiger partial charge in [0.05, 0.1) is 18.7 Å². The lowest BCUT2D eigenvalue weighted by Gasteiger charge is -2.13. The molecule has 0 aromatic heterocycles. The SMILES string of the molecule is COc1c(C(=O)C(C)N)ccc(C)c1C. The number of benzene rings is 1. The van der Waals surface area contributed by atoms with E-state index < -0.39 is 6.04 Å². The van der Waals surface area contributed by atoms with Crippen molar-refractivity contribution in [3.05, 3.63) is 28.8 Å². The summed E-state index contributed by atoms with van der Waals surface area (Å²) in [5.74, 6) is 0.548. The highest BCUT2D eigenvalue weighted by Gasteiger charge is 2.17. The quantitative estimate of drug-likeness (QED) is 0.769. The van der Waals surface area contributed by atoms with Crippen LogP contribution >= 0.6 is 0 Å². The van der Waals surface area contributed by atoms with Gasteiger partial charge in [0.15, 0.2) is 5.78 Å². The van der Waals surface area contributed by atoms with Gasteiger partial charge in [0.25, 0.3) is 0 Å². The van der Waals surface area contributed by atoms with Crippen LogP contribution in [0.1, 0.15) is 28.4 Å². The van der Waals surface area contributed by atoms with Gasteiger partial charge in [-0.1, -0.05) is 6.07 Å². The maximum absolute atomic E-state index is 11.8. The fourth-order valence-corrected chi connectivity index (χ4v) is 1.49. The summed E-state index contributed by atoms with van der Waals surface area (Å²) in [6, 6.07) is 3.18. The Kier molecular flexibility index (Phi) is 3.48. The third-order valence-electron chi connectivity index (χ3n) is 2.56. The van der Waals surface area contributed by atoms with Gasteiger partial charge in [-0.15, -0.1) is 0 Å². The molecule has 82 valence electrons. The Morgan fingerprint density at radius 3 is 2.47 bits per heavy atom. The van der Waals surface area contributed by atoms with Gasteiger partial charge >= 0.3 is 0 Å². The molecule has 0 saturated heterocycles. The molecular formula is C12H17NO2. The second kappa shape index (κ2) is 4.45. The van der Waals surface area contributed by atoms with Crippen molar-refractivity contribution in [3.63, 3.8) is 0 Å². The Hall–Kier alpha value is -1.35. The molecule has 3 heteroatoms. The van der Waals surface area contributed by atoms with E-state index in [1.165, 1.54) is 0 Å². The molecule has 15 heavy (non-hydrogen) atoms. The minimum atomic E-state index is -0.499. The van der Waals surface area contributed by atoms with Gasteiger partial charge in [-0.2, -0.15) is 0 Å². The summed E-state index contributed by atoms with van der Waals surface area (Å²) in [6.07, 6.45) is 0. The molecule has 0 spiro atoms. The van der Waals surface area contributed by atoms with E-state index in [9.17, 15) is 4.79 Å². The highest BCUT2D eigenvalue weighted by Crippen LogP contribution is 2.26. The normalized spacial score (nSPS) is 12.3. The van der Waals surface area contributed by atoms with Crippen molar-refractivity contribution in [1.82, 2.24) is 0 Å². The molecule has 0 aliphatic rings. The third-order valence-corrected chi connectivity index (χ3v) is 2.56. The molecule has 0 aliphatic heterocycles. The summed E-state index contributed by atoms with van der Waals surface area (Å²) in [5.41, 5.74) is 8.23. The third kappa shape index (κ3) is 2.18. The van der Waals surface area contributed by atoms with Gasteiger partial charge in [-0.25, -0.2) is 0 Å². The predicted octanol–water partition coefficient (Wildman–Crippen LogP) is 1.84. The molecule has 1 rings (SSSR count). The predicted molar refractivity (Wildman–Crippen MR) is 60.4 cm³/mol. The molecule has 0 aliphatic carbocycles. The molecule has 0 saturated carbocycles. The minimum Gasteiger partial charge on any atom is -0.496 e. The van der Waals surface area contributed by atoms with Crippen molar-refractivity contribution in [2.24, 2.45) is 5.73 Å². The van der Waals surface area contributed by atoms with Crippen LogP contribution in [0.2, 0.25) is 0 Å². The number of rotatable bonds is 3. The number of Topliss-reactive ketones (excluding diaryl/α,β-unsaturated/α-hetero) is 1. The standard InChI is InChI=1S/C12H17NO2/c1-7-5-6-10(11(14)9(3)13)12(15-4)8(7)2/h5-6,9H,13H2,1-4H3. The van der Waals surface area contributed by atoms with Crippen LogP contribution in [-0.4, -0.2) is 18.9 Å². The van der Waals surface area contributed by atoms with Crippen LogP contribution in [0.15, 0.2) is 12.1 Å². The number of nitrogens with two attached hydrogens (primary N) is 1. The summed E-state index contributed by atoms with van der Waals surface area (Å²) < 4.78 is 5.25. The fourth-order valence-electron chi connectivity index (χ4n) is 1.49. The second-order valence-electron chi connectivity index (χ2n) is 3.74. The number of carbonyl (C=O) groups is 1. The maximum atomic E-state index is 11.8. The summed E-state index contributed by atoms with van der Waals surface area (Å²) in [6.45, 7) is 5.60. The first-order valence-electron chi connectivity index (χ1n) is 4.93. The lowest BCUT2D eigenvalue weighted by atomic mass is 9.99. The van der Waals surface area contributed by atoms with Crippen molar-refractivity contribution < 1.29 is 9.53 Å². The zero-order chi connectivity index (χ0) is 11.6. The zero-order valence-electron chi connectivity index (χ0n) is 9.63. The van der Waals surface area contributed by atoms with E-state index in [-0.39, 0.29) is 5.78 Å². The molecule has 0 heterocycles. The van der Waals surface area contributed by atoms with Crippen molar-refractivity contribution in [2.75, 3.05) is 7.11 Å². The average Bonchev–Trinajstić information content (AvgIpc) is 2.20. The monoisotopic (exact) mass is 207 g/mol. The van der Waals surface area contributed by atoms with Gasteiger partial charge in [0.1, 0.15) is 5.75 Å². The second-order valence-corrected chi connectivity index (χ2v) is 3.74. The smallest absolute Gasteiger partial charge is 0.182 e. The Morgan fingerprint density at radius 1 is 1.40 bits per heavy atom. The Morgan fingerprint density at radius 2 is 2.00 bits per heavy atom. The minimum absolute atomic E-state index is 0.0880. The number of hydrogen-bond acceptors (Lipinski definition) is 3. The van der Waals surface area contributed by atoms with Crippen LogP contribution in [0.4, 0.5) is 0 Å². The van der Waals surface area contributed by atoms with E-state index >= 15 is 0 Å². The van der Waals surface area contributed by atoms with Crippen LogP contribution in [0, 0.1) is 13.8 Å². The Balaban J connectivity index is 3.31. The molecule has 1 aromatic rings. The van der Waals surface area contributed by atoms with E-state index in [0.29, 0.717) is 11.3 Å². The molecule has 0 bridgehead atoms. The molecule has 0 radical (unpaired) electrons. The highest BCUT2D eigenvalue weighted by molar-refractivity contribution is 6.02. The highest BCUT2D eigenvalue weighted by atomic mass is 16.5. The Labute approximate surface area is 90.2 Å². The number of ether oxygens (including phenoxy) is 1. The van der Waals surface area contributed by atoms with Gasteiger partial charge < -0.3 is 10.5 Å². The molecular weight excluding hydrogens is 190 g/mol. The largest absolute Gasteiger partial charge is 0.496 e. The van der Waals surface area contributed by atoms with Crippen molar-refractivity contribution in [3.8, 4) is 5.75 Å². The van der Waals surface area contributed by atoms with E-state index in [1.54, 1.807) is 20.1 Å². The van der Waals surface area contributed by atoms with Gasteiger partial charge in [0.2, 0.25) is 0 Å². The van der Waals surface area contributed by atoms with E-state index in [2.05, 4.69) is 0 Å². The maximum Gasteiger partial charge on any atom is 0.182 e. The first-order chi connectivity index (χ1) is 6.99. The first kappa shape index (κ1) is 11.7. The van der Waals surface area contributed by atoms with E-state index in [0.717, 1.165) is 11.1 Å². The molecule has 1 aromatic carbocycles. The number of hydrogen-bond donors (Lipinski definition) is 1. The molecule has 0 amide bonds. The molecule has 0 fully saturated rings. The van der Waals surface area contributed by atoms with Crippen LogP contribution < -0.4 is 10.5 Å². The van der Waals surface area contributed by atoms with Gasteiger partial charge in [0, 0.05) is 0 Å². The van der Waals surface area contributed by atoms with Crippen LogP contribution in [0.3, 0.4) is 0 Å². The first-order valence-corrected chi connectivity index (χ1v) is 4.93. The lowest BCUT2D eigenvalue weighted by Crippen LogP contribution is -2.27. The summed E-state index contributed by atoms with van der Waals surface area (Å²) in [7, 11) is 1.57. The molecule has 1 unspecified atom stereocenters. The average molecular weight is 207 g/mol. The number of aryl methyl sites for hydroxylation is 1. The number of ketones is 1. The number of methoxy groups -OCH3 is 1. The van der Waals surface area contributed by atoms with E-state index in [4.69, 9.17) is 10.5 Å². The topological polar surface area (TPSA) is 52.3 Å². The fraction of sp³-hybridized carbons (Fsp3) is 0.417. The van der Waals surface area contributed by atoms with Crippen LogP contribution in [0.5, 0.6) is 5.75 Å². The lowest BCUT2D eigenvalue weighted by molar-refractivity contribution is 0.0965. The van der Waals surface area contributed by atoms with Crippen LogP contribution in [-0.2, 0) is 0 Å². The van der Waals surface area contributed by atoms with Crippen molar-refractivity contribution in [2.45, 2.75) is 26.8 Å².